The van der Waals surface area contributed by atoms with Crippen molar-refractivity contribution in [2.45, 2.75) is 12.5 Å². The number of carbonyl (C=O) groups excluding carboxylic acids is 2. The first-order chi connectivity index (χ1) is 8.18. The number of halogens is 1. The van der Waals surface area contributed by atoms with Crippen LogP contribution in [0.15, 0.2) is 18.2 Å². The van der Waals surface area contributed by atoms with Crippen LogP contribution in [0.2, 0.25) is 0 Å². The van der Waals surface area contributed by atoms with Crippen LogP contribution in [0.25, 0.3) is 0 Å². The molecule has 3 rings (SSSR count). The number of nitrogens with zero attached hydrogens (tertiary/aromatic N) is 1. The molecule has 2 aliphatic rings. The molecule has 88 valence electrons. The van der Waals surface area contributed by atoms with E-state index in [4.69, 9.17) is 0 Å². The molecule has 0 bridgehead atoms. The predicted octanol–water partition coefficient (Wildman–Crippen LogP) is 0.717. The molecule has 2 aliphatic heterocycles. The number of anilines is 1. The van der Waals surface area contributed by atoms with Crippen molar-refractivity contribution in [1.29, 1.82) is 0 Å². The van der Waals surface area contributed by atoms with Crippen LogP contribution in [0.5, 0.6) is 0 Å². The van der Waals surface area contributed by atoms with E-state index < -0.39 is 11.9 Å². The number of hydrogen-bond acceptors (Lipinski definition) is 3. The number of nitrogens with one attached hydrogen (secondary N) is 1. The summed E-state index contributed by atoms with van der Waals surface area (Å²) in [5.41, 5.74) is 0.666. The van der Waals surface area contributed by atoms with Gasteiger partial charge in [-0.2, -0.15) is 0 Å². The summed E-state index contributed by atoms with van der Waals surface area (Å²) in [6, 6.07) is 3.90. The largest absolute Gasteiger partial charge is 0.354 e. The zero-order chi connectivity index (χ0) is 12.0. The fourth-order valence-electron chi connectivity index (χ4n) is 2.50. The molecule has 1 unspecified atom stereocenters. The van der Waals surface area contributed by atoms with E-state index in [1.54, 1.807) is 11.0 Å². The van der Waals surface area contributed by atoms with Crippen molar-refractivity contribution in [2.75, 3.05) is 18.0 Å². The second-order valence-electron chi connectivity index (χ2n) is 4.26. The third kappa shape index (κ3) is 1.42. The van der Waals surface area contributed by atoms with Crippen molar-refractivity contribution < 1.29 is 14.0 Å². The van der Waals surface area contributed by atoms with Crippen LogP contribution in [-0.4, -0.2) is 30.8 Å². The molecule has 17 heavy (non-hydrogen) atoms. The molecule has 0 spiro atoms. The Morgan fingerprint density at radius 1 is 1.35 bits per heavy atom. The molecule has 2 heterocycles. The molecule has 1 aromatic rings. The van der Waals surface area contributed by atoms with Gasteiger partial charge in [0.05, 0.1) is 5.69 Å². The lowest BCUT2D eigenvalue weighted by Gasteiger charge is -2.40. The minimum atomic E-state index is -0.555. The van der Waals surface area contributed by atoms with Crippen LogP contribution in [0, 0.1) is 5.82 Å². The van der Waals surface area contributed by atoms with E-state index in [2.05, 4.69) is 5.32 Å². The van der Waals surface area contributed by atoms with Gasteiger partial charge in [-0.1, -0.05) is 6.07 Å². The highest BCUT2D eigenvalue weighted by Crippen LogP contribution is 2.33. The Labute approximate surface area is 97.4 Å². The van der Waals surface area contributed by atoms with Gasteiger partial charge in [-0.05, 0) is 12.1 Å². The predicted molar refractivity (Wildman–Crippen MR) is 59.5 cm³/mol. The lowest BCUT2D eigenvalue weighted by Crippen LogP contribution is -2.58. The Hall–Kier alpha value is -1.91. The summed E-state index contributed by atoms with van der Waals surface area (Å²) in [6.45, 7) is 1.02. The summed E-state index contributed by atoms with van der Waals surface area (Å²) in [7, 11) is 0. The average Bonchev–Trinajstić information content (AvgIpc) is 2.31. The standard InChI is InChI=1S/C12H11FN2O2/c13-8-3-1-2-7-10(16)6-9-12(17)14-4-5-15(9)11(7)8/h1-3,9H,4-6H2,(H,14,17). The maximum atomic E-state index is 13.8. The van der Waals surface area contributed by atoms with E-state index in [1.807, 2.05) is 0 Å². The Morgan fingerprint density at radius 3 is 3.00 bits per heavy atom. The topological polar surface area (TPSA) is 49.4 Å². The molecular formula is C12H11FN2O2. The van der Waals surface area contributed by atoms with Crippen molar-refractivity contribution >= 4 is 17.4 Å². The first-order valence-electron chi connectivity index (χ1n) is 5.54. The first kappa shape index (κ1) is 10.3. The van der Waals surface area contributed by atoms with Crippen molar-refractivity contribution in [3.05, 3.63) is 29.6 Å². The smallest absolute Gasteiger partial charge is 0.243 e. The highest BCUT2D eigenvalue weighted by Gasteiger charge is 2.39. The minimum absolute atomic E-state index is 0.127. The number of carbonyl (C=O) groups is 2. The Morgan fingerprint density at radius 2 is 2.18 bits per heavy atom. The summed E-state index contributed by atoms with van der Waals surface area (Å²) >= 11 is 0. The Bertz CT molecular complexity index is 515. The second-order valence-corrected chi connectivity index (χ2v) is 4.26. The van der Waals surface area contributed by atoms with E-state index in [0.717, 1.165) is 0 Å². The number of para-hydroxylation sites is 1. The molecule has 1 atom stereocenters. The molecule has 1 fully saturated rings. The van der Waals surface area contributed by atoms with E-state index in [1.165, 1.54) is 12.1 Å². The van der Waals surface area contributed by atoms with Crippen molar-refractivity contribution in [2.24, 2.45) is 0 Å². The van der Waals surface area contributed by atoms with Crippen LogP contribution in [-0.2, 0) is 4.79 Å². The summed E-state index contributed by atoms with van der Waals surface area (Å²) in [5, 5.41) is 2.70. The molecule has 0 aromatic heterocycles. The first-order valence-corrected chi connectivity index (χ1v) is 5.54. The summed E-state index contributed by atoms with van der Waals surface area (Å²) in [6.07, 6.45) is 0.127. The number of rotatable bonds is 0. The van der Waals surface area contributed by atoms with Crippen LogP contribution in [0.1, 0.15) is 16.8 Å². The zero-order valence-electron chi connectivity index (χ0n) is 9.07. The number of Topliss-reactive ketones (excluding diaryl/α,β-unsaturated/α-hetero) is 1. The summed E-state index contributed by atoms with van der Waals surface area (Å²) < 4.78 is 13.8. The van der Waals surface area contributed by atoms with Gasteiger partial charge in [-0.3, -0.25) is 9.59 Å². The second kappa shape index (κ2) is 3.55. The summed E-state index contributed by atoms with van der Waals surface area (Å²) in [4.78, 5) is 25.2. The molecule has 4 nitrogen and oxygen atoms in total. The van der Waals surface area contributed by atoms with Crippen LogP contribution in [0.4, 0.5) is 10.1 Å². The Balaban J connectivity index is 2.16. The molecule has 1 saturated heterocycles. The van der Waals surface area contributed by atoms with Crippen LogP contribution in [0.3, 0.4) is 0 Å². The van der Waals surface area contributed by atoms with E-state index in [9.17, 15) is 14.0 Å². The van der Waals surface area contributed by atoms with Gasteiger partial charge < -0.3 is 10.2 Å². The maximum Gasteiger partial charge on any atom is 0.243 e. The molecule has 5 heteroatoms. The molecule has 0 radical (unpaired) electrons. The number of ketones is 1. The maximum absolute atomic E-state index is 13.8. The van der Waals surface area contributed by atoms with Gasteiger partial charge in [0, 0.05) is 25.1 Å². The zero-order valence-corrected chi connectivity index (χ0v) is 9.07. The number of piperazine rings is 1. The van der Waals surface area contributed by atoms with Gasteiger partial charge >= 0.3 is 0 Å². The van der Waals surface area contributed by atoms with Crippen molar-refractivity contribution in [1.82, 2.24) is 5.32 Å². The molecule has 1 aromatic carbocycles. The van der Waals surface area contributed by atoms with Gasteiger partial charge in [0.2, 0.25) is 5.91 Å². The van der Waals surface area contributed by atoms with Gasteiger partial charge in [0.15, 0.2) is 5.78 Å². The average molecular weight is 234 g/mol. The Kier molecular flexibility index (Phi) is 2.14. The van der Waals surface area contributed by atoms with E-state index in [0.29, 0.717) is 18.7 Å². The monoisotopic (exact) mass is 234 g/mol. The third-order valence-electron chi connectivity index (χ3n) is 3.28. The fourth-order valence-corrected chi connectivity index (χ4v) is 2.50. The minimum Gasteiger partial charge on any atom is -0.354 e. The van der Waals surface area contributed by atoms with Gasteiger partial charge in [-0.15, -0.1) is 0 Å². The van der Waals surface area contributed by atoms with E-state index >= 15 is 0 Å². The van der Waals surface area contributed by atoms with Gasteiger partial charge in [0.1, 0.15) is 11.9 Å². The van der Waals surface area contributed by atoms with Gasteiger partial charge in [-0.25, -0.2) is 4.39 Å². The third-order valence-corrected chi connectivity index (χ3v) is 3.28. The summed E-state index contributed by atoms with van der Waals surface area (Å²) in [5.74, 6) is -0.799. The SMILES string of the molecule is O=C1CC2C(=O)NCCN2c2c(F)cccc21. The highest BCUT2D eigenvalue weighted by atomic mass is 19.1. The number of amides is 1. The molecule has 1 N–H and O–H groups in total. The van der Waals surface area contributed by atoms with Crippen molar-refractivity contribution in [3.63, 3.8) is 0 Å². The number of hydrogen-bond donors (Lipinski definition) is 1. The molecular weight excluding hydrogens is 223 g/mol. The fraction of sp³-hybridized carbons (Fsp3) is 0.333. The molecule has 0 aliphatic carbocycles. The van der Waals surface area contributed by atoms with Crippen LogP contribution < -0.4 is 10.2 Å². The molecule has 1 amide bonds. The lowest BCUT2D eigenvalue weighted by atomic mass is 9.92. The quantitative estimate of drug-likeness (QED) is 0.719. The number of fused-ring (bicyclic) bond motifs is 3. The van der Waals surface area contributed by atoms with Crippen LogP contribution >= 0.6 is 0 Å². The highest BCUT2D eigenvalue weighted by molar-refractivity contribution is 6.08. The lowest BCUT2D eigenvalue weighted by molar-refractivity contribution is -0.123. The van der Waals surface area contributed by atoms with Crippen molar-refractivity contribution in [3.8, 4) is 0 Å². The molecule has 0 saturated carbocycles. The van der Waals surface area contributed by atoms with Gasteiger partial charge in [0.25, 0.3) is 0 Å². The normalized spacial score (nSPS) is 22.9. The number of benzene rings is 1. The van der Waals surface area contributed by atoms with E-state index in [-0.39, 0.29) is 23.8 Å².